The van der Waals surface area contributed by atoms with Crippen molar-refractivity contribution in [3.8, 4) is 0 Å². The molecule has 2 rings (SSSR count). The first-order valence-corrected chi connectivity index (χ1v) is 7.31. The van der Waals surface area contributed by atoms with Gasteiger partial charge in [0.1, 0.15) is 0 Å². The number of carbonyl (C=O) groups is 1. The second kappa shape index (κ2) is 6.39. The molecule has 3 heteroatoms. The van der Waals surface area contributed by atoms with Gasteiger partial charge < -0.3 is 11.1 Å². The Hall–Kier alpha value is -0.570. The van der Waals surface area contributed by atoms with Gasteiger partial charge in [-0.1, -0.05) is 32.1 Å². The number of rotatable bonds is 3. The number of hydrogen-bond acceptors (Lipinski definition) is 2. The minimum absolute atomic E-state index is 0.197. The topological polar surface area (TPSA) is 55.1 Å². The fourth-order valence-corrected chi connectivity index (χ4v) is 3.40. The van der Waals surface area contributed by atoms with E-state index < -0.39 is 0 Å². The summed E-state index contributed by atoms with van der Waals surface area (Å²) in [5, 5.41) is 3.27. The number of hydrogen-bond donors (Lipinski definition) is 2. The highest BCUT2D eigenvalue weighted by molar-refractivity contribution is 5.79. The molecule has 0 bridgehead atoms. The quantitative estimate of drug-likeness (QED) is 0.741. The Labute approximate surface area is 105 Å². The van der Waals surface area contributed by atoms with Crippen molar-refractivity contribution in [1.29, 1.82) is 0 Å². The summed E-state index contributed by atoms with van der Waals surface area (Å²) in [6, 6.07) is 0.434. The average molecular weight is 238 g/mol. The highest BCUT2D eigenvalue weighted by Crippen LogP contribution is 2.31. The minimum Gasteiger partial charge on any atom is -0.353 e. The van der Waals surface area contributed by atoms with Gasteiger partial charge in [-0.05, 0) is 38.1 Å². The number of carbonyl (C=O) groups excluding carboxylic acids is 1. The van der Waals surface area contributed by atoms with Gasteiger partial charge in [0.15, 0.2) is 0 Å². The van der Waals surface area contributed by atoms with Crippen LogP contribution in [0.1, 0.15) is 57.8 Å². The molecule has 0 saturated heterocycles. The van der Waals surface area contributed by atoms with Gasteiger partial charge in [0.25, 0.3) is 0 Å². The molecule has 2 atom stereocenters. The van der Waals surface area contributed by atoms with E-state index in [4.69, 9.17) is 5.73 Å². The zero-order chi connectivity index (χ0) is 12.1. The fourth-order valence-electron chi connectivity index (χ4n) is 3.40. The Balaban J connectivity index is 1.82. The van der Waals surface area contributed by atoms with Crippen LogP contribution in [0.3, 0.4) is 0 Å². The Morgan fingerprint density at radius 1 is 1.00 bits per heavy atom. The van der Waals surface area contributed by atoms with Crippen LogP contribution in [0.2, 0.25) is 0 Å². The molecule has 2 aliphatic carbocycles. The van der Waals surface area contributed by atoms with Gasteiger partial charge in [-0.2, -0.15) is 0 Å². The third-order valence-corrected chi connectivity index (χ3v) is 4.50. The van der Waals surface area contributed by atoms with Gasteiger partial charge in [0.2, 0.25) is 5.91 Å². The number of nitrogens with one attached hydrogen (secondary N) is 1. The zero-order valence-corrected chi connectivity index (χ0v) is 10.8. The van der Waals surface area contributed by atoms with Gasteiger partial charge in [0, 0.05) is 12.0 Å². The van der Waals surface area contributed by atoms with Crippen LogP contribution < -0.4 is 11.1 Å². The predicted molar refractivity (Wildman–Crippen MR) is 69.5 cm³/mol. The normalized spacial score (nSPS) is 31.1. The predicted octanol–water partition coefficient (Wildman–Crippen LogP) is 2.20. The summed E-state index contributed by atoms with van der Waals surface area (Å²) < 4.78 is 0. The zero-order valence-electron chi connectivity index (χ0n) is 10.8. The van der Waals surface area contributed by atoms with Crippen molar-refractivity contribution >= 4 is 5.91 Å². The first kappa shape index (κ1) is 12.9. The van der Waals surface area contributed by atoms with E-state index in [1.807, 2.05) is 0 Å². The summed E-state index contributed by atoms with van der Waals surface area (Å²) in [6.07, 6.45) is 10.9. The van der Waals surface area contributed by atoms with Crippen molar-refractivity contribution < 1.29 is 4.79 Å². The van der Waals surface area contributed by atoms with Crippen molar-refractivity contribution in [2.75, 3.05) is 6.54 Å². The van der Waals surface area contributed by atoms with E-state index in [2.05, 4.69) is 5.32 Å². The summed E-state index contributed by atoms with van der Waals surface area (Å²) in [6.45, 7) is 0.669. The second-order valence-corrected chi connectivity index (χ2v) is 5.73. The van der Waals surface area contributed by atoms with Gasteiger partial charge >= 0.3 is 0 Å². The van der Waals surface area contributed by atoms with Crippen molar-refractivity contribution in [3.05, 3.63) is 0 Å². The summed E-state index contributed by atoms with van der Waals surface area (Å²) in [7, 11) is 0. The van der Waals surface area contributed by atoms with Crippen LogP contribution in [0.25, 0.3) is 0 Å². The maximum atomic E-state index is 12.2. The molecule has 2 saturated carbocycles. The van der Waals surface area contributed by atoms with Crippen LogP contribution in [-0.2, 0) is 4.79 Å². The Bertz CT molecular complexity index is 247. The molecule has 0 spiro atoms. The van der Waals surface area contributed by atoms with E-state index >= 15 is 0 Å². The second-order valence-electron chi connectivity index (χ2n) is 5.73. The highest BCUT2D eigenvalue weighted by Gasteiger charge is 2.32. The summed E-state index contributed by atoms with van der Waals surface area (Å²) in [5.41, 5.74) is 5.74. The SMILES string of the molecule is NCC1CCCC1C(=O)NC1CCCCCC1. The van der Waals surface area contributed by atoms with Crippen molar-refractivity contribution in [2.24, 2.45) is 17.6 Å². The number of amides is 1. The average Bonchev–Trinajstić information content (AvgIpc) is 2.68. The first-order valence-electron chi connectivity index (χ1n) is 7.31. The van der Waals surface area contributed by atoms with Crippen LogP contribution in [0.4, 0.5) is 0 Å². The molecule has 98 valence electrons. The molecule has 3 nitrogen and oxygen atoms in total. The fraction of sp³-hybridized carbons (Fsp3) is 0.929. The van der Waals surface area contributed by atoms with Crippen LogP contribution in [0.15, 0.2) is 0 Å². The van der Waals surface area contributed by atoms with Crippen molar-refractivity contribution in [3.63, 3.8) is 0 Å². The van der Waals surface area contributed by atoms with E-state index in [0.29, 0.717) is 18.5 Å². The van der Waals surface area contributed by atoms with Crippen molar-refractivity contribution in [2.45, 2.75) is 63.8 Å². The summed E-state index contributed by atoms with van der Waals surface area (Å²) in [4.78, 5) is 12.2. The molecule has 3 N–H and O–H groups in total. The summed E-state index contributed by atoms with van der Waals surface area (Å²) >= 11 is 0. The van der Waals surface area contributed by atoms with Crippen molar-refractivity contribution in [1.82, 2.24) is 5.32 Å². The van der Waals surface area contributed by atoms with E-state index in [-0.39, 0.29) is 11.8 Å². The standard InChI is InChI=1S/C14H26N2O/c15-10-11-6-5-9-13(11)14(17)16-12-7-3-1-2-4-8-12/h11-13H,1-10,15H2,(H,16,17). The molecular weight excluding hydrogens is 212 g/mol. The Kier molecular flexibility index (Phi) is 4.84. The summed E-state index contributed by atoms with van der Waals surface area (Å²) in [5.74, 6) is 0.911. The molecule has 0 heterocycles. The monoisotopic (exact) mass is 238 g/mol. The van der Waals surface area contributed by atoms with E-state index in [1.165, 1.54) is 44.9 Å². The van der Waals surface area contributed by atoms with Gasteiger partial charge in [-0.15, -0.1) is 0 Å². The van der Waals surface area contributed by atoms with E-state index in [1.54, 1.807) is 0 Å². The van der Waals surface area contributed by atoms with Gasteiger partial charge in [0.05, 0.1) is 0 Å². The maximum Gasteiger partial charge on any atom is 0.223 e. The highest BCUT2D eigenvalue weighted by atomic mass is 16.2. The van der Waals surface area contributed by atoms with Gasteiger partial charge in [-0.25, -0.2) is 0 Å². The maximum absolute atomic E-state index is 12.2. The molecular formula is C14H26N2O. The van der Waals surface area contributed by atoms with Crippen LogP contribution in [0, 0.1) is 11.8 Å². The first-order chi connectivity index (χ1) is 8.31. The molecule has 2 aliphatic rings. The smallest absolute Gasteiger partial charge is 0.223 e. The molecule has 1 amide bonds. The third kappa shape index (κ3) is 3.44. The third-order valence-electron chi connectivity index (χ3n) is 4.50. The molecule has 0 aromatic carbocycles. The lowest BCUT2D eigenvalue weighted by molar-refractivity contribution is -0.126. The van der Waals surface area contributed by atoms with Crippen LogP contribution in [-0.4, -0.2) is 18.5 Å². The van der Waals surface area contributed by atoms with E-state index in [0.717, 1.165) is 12.8 Å². The largest absolute Gasteiger partial charge is 0.353 e. The van der Waals surface area contributed by atoms with Crippen LogP contribution in [0.5, 0.6) is 0 Å². The Morgan fingerprint density at radius 3 is 2.35 bits per heavy atom. The lowest BCUT2D eigenvalue weighted by atomic mass is 9.94. The van der Waals surface area contributed by atoms with Gasteiger partial charge in [-0.3, -0.25) is 4.79 Å². The lowest BCUT2D eigenvalue weighted by Crippen LogP contribution is -2.40. The van der Waals surface area contributed by atoms with E-state index in [9.17, 15) is 4.79 Å². The molecule has 0 aliphatic heterocycles. The molecule has 2 unspecified atom stereocenters. The molecule has 2 fully saturated rings. The minimum atomic E-state index is 0.197. The lowest BCUT2D eigenvalue weighted by Gasteiger charge is -2.22. The Morgan fingerprint density at radius 2 is 1.71 bits per heavy atom. The molecule has 0 aromatic rings. The molecule has 17 heavy (non-hydrogen) atoms. The molecule has 0 radical (unpaired) electrons. The molecule has 0 aromatic heterocycles. The van der Waals surface area contributed by atoms with Crippen LogP contribution >= 0.6 is 0 Å². The number of nitrogens with two attached hydrogens (primary N) is 1.